The number of nitrogens with two attached hydrogens (primary N) is 1. The summed E-state index contributed by atoms with van der Waals surface area (Å²) >= 11 is 0. The van der Waals surface area contributed by atoms with Crippen molar-refractivity contribution in [2.75, 3.05) is 17.2 Å². The molecule has 0 unspecified atom stereocenters. The summed E-state index contributed by atoms with van der Waals surface area (Å²) in [7, 11) is 0. The van der Waals surface area contributed by atoms with Crippen molar-refractivity contribution in [2.24, 2.45) is 5.92 Å². The van der Waals surface area contributed by atoms with Crippen LogP contribution >= 0.6 is 0 Å². The summed E-state index contributed by atoms with van der Waals surface area (Å²) in [5.41, 5.74) is 7.32. The molecule has 0 aliphatic carbocycles. The number of anilines is 2. The number of aromatic amines is 1. The van der Waals surface area contributed by atoms with E-state index < -0.39 is 11.2 Å². The third-order valence-corrected chi connectivity index (χ3v) is 4.76. The maximum atomic E-state index is 13.3. The molecule has 1 amide bonds. The quantitative estimate of drug-likeness (QED) is 0.657. The number of nitrogens with zero attached hydrogens (tertiary/aromatic N) is 2. The molecule has 2 aromatic carbocycles. The van der Waals surface area contributed by atoms with Crippen LogP contribution in [0.2, 0.25) is 0 Å². The fourth-order valence-electron chi connectivity index (χ4n) is 3.25. The molecule has 3 N–H and O–H groups in total. The summed E-state index contributed by atoms with van der Waals surface area (Å²) in [6.45, 7) is 6.29. The van der Waals surface area contributed by atoms with Gasteiger partial charge in [0.2, 0.25) is 0 Å². The Morgan fingerprint density at radius 1 is 1.07 bits per heavy atom. The van der Waals surface area contributed by atoms with E-state index in [0.29, 0.717) is 5.56 Å². The molecule has 156 valence electrons. The van der Waals surface area contributed by atoms with Gasteiger partial charge in [-0.1, -0.05) is 61.9 Å². The predicted octanol–water partition coefficient (Wildman–Crippen LogP) is 2.78. The maximum absolute atomic E-state index is 13.3. The Hall–Kier alpha value is -3.61. The normalized spacial score (nSPS) is 10.9. The standard InChI is InChI=1S/C23H26N4O3/c1-15(2)13-26(22(29)18-11-9-16(3)10-12-18)19-20(24)27(23(30)25-21(19)28)14-17-7-5-4-6-8-17/h4-12,15H,13-14,24H2,1-3H3,(H,25,28,30). The molecule has 3 aromatic rings. The molecule has 0 fully saturated rings. The molecule has 7 heteroatoms. The van der Waals surface area contributed by atoms with Crippen LogP contribution in [0.3, 0.4) is 0 Å². The number of H-pyrrole nitrogens is 1. The lowest BCUT2D eigenvalue weighted by Crippen LogP contribution is -2.42. The second-order valence-electron chi connectivity index (χ2n) is 7.74. The molecule has 0 saturated carbocycles. The Bertz CT molecular complexity index is 1150. The van der Waals surface area contributed by atoms with E-state index in [1.54, 1.807) is 12.1 Å². The minimum absolute atomic E-state index is 0.00944. The largest absolute Gasteiger partial charge is 0.383 e. The maximum Gasteiger partial charge on any atom is 0.330 e. The summed E-state index contributed by atoms with van der Waals surface area (Å²) in [6, 6.07) is 16.4. The number of nitrogens with one attached hydrogen (secondary N) is 1. The Kier molecular flexibility index (Phi) is 6.20. The molecule has 0 spiro atoms. The van der Waals surface area contributed by atoms with Crippen molar-refractivity contribution in [1.82, 2.24) is 9.55 Å². The summed E-state index contributed by atoms with van der Waals surface area (Å²) in [4.78, 5) is 42.2. The van der Waals surface area contributed by atoms with Crippen molar-refractivity contribution in [3.05, 3.63) is 92.1 Å². The zero-order chi connectivity index (χ0) is 21.8. The molecule has 0 saturated heterocycles. The summed E-state index contributed by atoms with van der Waals surface area (Å²) in [5, 5.41) is 0. The first-order chi connectivity index (χ1) is 14.3. The fourth-order valence-corrected chi connectivity index (χ4v) is 3.25. The van der Waals surface area contributed by atoms with E-state index in [2.05, 4.69) is 4.98 Å². The van der Waals surface area contributed by atoms with E-state index in [4.69, 9.17) is 5.73 Å². The van der Waals surface area contributed by atoms with Crippen molar-refractivity contribution < 1.29 is 4.79 Å². The third-order valence-electron chi connectivity index (χ3n) is 4.76. The second-order valence-corrected chi connectivity index (χ2v) is 7.74. The number of nitrogen functional groups attached to an aromatic ring is 1. The summed E-state index contributed by atoms with van der Waals surface area (Å²) in [6.07, 6.45) is 0. The smallest absolute Gasteiger partial charge is 0.330 e. The van der Waals surface area contributed by atoms with Crippen LogP contribution in [-0.2, 0) is 6.54 Å². The van der Waals surface area contributed by atoms with Crippen LogP contribution in [0.25, 0.3) is 0 Å². The molecule has 30 heavy (non-hydrogen) atoms. The van der Waals surface area contributed by atoms with Gasteiger partial charge in [0.1, 0.15) is 5.82 Å². The SMILES string of the molecule is Cc1ccc(C(=O)N(CC(C)C)c2c(N)n(Cc3ccccc3)c(=O)[nH]c2=O)cc1. The third kappa shape index (κ3) is 4.51. The van der Waals surface area contributed by atoms with Crippen molar-refractivity contribution >= 4 is 17.4 Å². The number of rotatable bonds is 6. The van der Waals surface area contributed by atoms with E-state index in [1.807, 2.05) is 63.2 Å². The monoisotopic (exact) mass is 406 g/mol. The van der Waals surface area contributed by atoms with Crippen molar-refractivity contribution in [2.45, 2.75) is 27.3 Å². The van der Waals surface area contributed by atoms with Crippen LogP contribution in [0.5, 0.6) is 0 Å². The van der Waals surface area contributed by atoms with Gasteiger partial charge in [-0.05, 0) is 30.5 Å². The first kappa shape index (κ1) is 21.1. The zero-order valence-electron chi connectivity index (χ0n) is 17.4. The van der Waals surface area contributed by atoms with Gasteiger partial charge in [0.05, 0.1) is 6.54 Å². The van der Waals surface area contributed by atoms with Gasteiger partial charge in [0.25, 0.3) is 11.5 Å². The Morgan fingerprint density at radius 3 is 2.30 bits per heavy atom. The van der Waals surface area contributed by atoms with Gasteiger partial charge in [-0.25, -0.2) is 4.79 Å². The number of hydrogen-bond donors (Lipinski definition) is 2. The van der Waals surface area contributed by atoms with Gasteiger partial charge >= 0.3 is 5.69 Å². The molecule has 0 aliphatic rings. The van der Waals surface area contributed by atoms with Gasteiger partial charge in [0, 0.05) is 12.1 Å². The topological polar surface area (TPSA) is 101 Å². The van der Waals surface area contributed by atoms with Crippen LogP contribution in [-0.4, -0.2) is 22.0 Å². The molecular weight excluding hydrogens is 380 g/mol. The van der Waals surface area contributed by atoms with Crippen LogP contribution in [0.1, 0.15) is 35.3 Å². The molecule has 3 rings (SSSR count). The van der Waals surface area contributed by atoms with Crippen LogP contribution < -0.4 is 21.9 Å². The number of aryl methyl sites for hydroxylation is 1. The number of carbonyl (C=O) groups excluding carboxylic acids is 1. The lowest BCUT2D eigenvalue weighted by Gasteiger charge is -2.26. The van der Waals surface area contributed by atoms with E-state index in [9.17, 15) is 14.4 Å². The van der Waals surface area contributed by atoms with Crippen LogP contribution in [0, 0.1) is 12.8 Å². The van der Waals surface area contributed by atoms with E-state index >= 15 is 0 Å². The molecular formula is C23H26N4O3. The van der Waals surface area contributed by atoms with Crippen LogP contribution in [0.4, 0.5) is 11.5 Å². The highest BCUT2D eigenvalue weighted by Gasteiger charge is 2.26. The number of amides is 1. The molecule has 1 aromatic heterocycles. The molecule has 1 heterocycles. The van der Waals surface area contributed by atoms with Crippen molar-refractivity contribution in [3.63, 3.8) is 0 Å². The minimum Gasteiger partial charge on any atom is -0.383 e. The average molecular weight is 406 g/mol. The highest BCUT2D eigenvalue weighted by molar-refractivity contribution is 6.07. The lowest BCUT2D eigenvalue weighted by molar-refractivity contribution is 0.0983. The van der Waals surface area contributed by atoms with Gasteiger partial charge < -0.3 is 10.6 Å². The molecule has 0 atom stereocenters. The number of carbonyl (C=O) groups is 1. The number of hydrogen-bond acceptors (Lipinski definition) is 4. The second kappa shape index (κ2) is 8.82. The van der Waals surface area contributed by atoms with Gasteiger partial charge in [-0.3, -0.25) is 19.1 Å². The van der Waals surface area contributed by atoms with Crippen molar-refractivity contribution in [3.8, 4) is 0 Å². The first-order valence-corrected chi connectivity index (χ1v) is 9.83. The first-order valence-electron chi connectivity index (χ1n) is 9.83. The van der Waals surface area contributed by atoms with Gasteiger partial charge in [0.15, 0.2) is 5.69 Å². The minimum atomic E-state index is -0.678. The molecule has 7 nitrogen and oxygen atoms in total. The van der Waals surface area contributed by atoms with Gasteiger partial charge in [-0.2, -0.15) is 0 Å². The Morgan fingerprint density at radius 2 is 1.70 bits per heavy atom. The highest BCUT2D eigenvalue weighted by atomic mass is 16.2. The summed E-state index contributed by atoms with van der Waals surface area (Å²) < 4.78 is 1.28. The van der Waals surface area contributed by atoms with Crippen LogP contribution in [0.15, 0.2) is 64.2 Å². The van der Waals surface area contributed by atoms with Crippen molar-refractivity contribution in [1.29, 1.82) is 0 Å². The molecule has 0 bridgehead atoms. The Balaban J connectivity index is 2.12. The highest BCUT2D eigenvalue weighted by Crippen LogP contribution is 2.21. The Labute approximate surface area is 174 Å². The lowest BCUT2D eigenvalue weighted by atomic mass is 10.1. The van der Waals surface area contributed by atoms with Gasteiger partial charge in [-0.15, -0.1) is 0 Å². The number of benzene rings is 2. The predicted molar refractivity (Wildman–Crippen MR) is 119 cm³/mol. The van der Waals surface area contributed by atoms with E-state index in [-0.39, 0.29) is 36.4 Å². The fraction of sp³-hybridized carbons (Fsp3) is 0.261. The zero-order valence-corrected chi connectivity index (χ0v) is 17.4. The van der Waals surface area contributed by atoms with E-state index in [0.717, 1.165) is 11.1 Å². The molecule has 0 aliphatic heterocycles. The average Bonchev–Trinajstić information content (AvgIpc) is 2.71. The summed E-state index contributed by atoms with van der Waals surface area (Å²) in [5.74, 6) is -0.299. The number of aromatic nitrogens is 2. The van der Waals surface area contributed by atoms with E-state index in [1.165, 1.54) is 9.47 Å². The molecule has 0 radical (unpaired) electrons.